The molecular weight excluding hydrogens is 336 g/mol. The van der Waals surface area contributed by atoms with Crippen LogP contribution in [0.5, 0.6) is 5.75 Å². The molecule has 0 saturated heterocycles. The van der Waals surface area contributed by atoms with Crippen molar-refractivity contribution in [1.82, 2.24) is 10.6 Å². The van der Waals surface area contributed by atoms with Crippen LogP contribution >= 0.6 is 0 Å². The van der Waals surface area contributed by atoms with Gasteiger partial charge in [-0.05, 0) is 42.7 Å². The highest BCUT2D eigenvalue weighted by Crippen LogP contribution is 2.42. The minimum Gasteiger partial charge on any atom is -0.497 e. The molecule has 4 nitrogen and oxygen atoms in total. The minimum absolute atomic E-state index is 0.00594. The average molecular weight is 359 g/mol. The van der Waals surface area contributed by atoms with E-state index in [9.17, 15) is 8.78 Å². The van der Waals surface area contributed by atoms with Crippen molar-refractivity contribution in [3.63, 3.8) is 0 Å². The molecule has 138 valence electrons. The van der Waals surface area contributed by atoms with Gasteiger partial charge in [0.1, 0.15) is 17.4 Å². The molecule has 2 aromatic carbocycles. The smallest absolute Gasteiger partial charge is 0.191 e. The summed E-state index contributed by atoms with van der Waals surface area (Å²) in [7, 11) is 3.33. The molecule has 1 saturated carbocycles. The molecule has 2 unspecified atom stereocenters. The van der Waals surface area contributed by atoms with Crippen LogP contribution in [0.25, 0.3) is 0 Å². The van der Waals surface area contributed by atoms with E-state index in [2.05, 4.69) is 15.6 Å². The quantitative estimate of drug-likeness (QED) is 0.615. The molecule has 26 heavy (non-hydrogen) atoms. The Morgan fingerprint density at radius 2 is 1.85 bits per heavy atom. The van der Waals surface area contributed by atoms with Crippen molar-refractivity contribution >= 4 is 5.96 Å². The number of nitrogens with one attached hydrogen (secondary N) is 2. The molecule has 0 bridgehead atoms. The van der Waals surface area contributed by atoms with E-state index < -0.39 is 11.6 Å². The number of aliphatic imine (C=N–C) groups is 1. The van der Waals surface area contributed by atoms with Gasteiger partial charge in [-0.2, -0.15) is 0 Å². The molecule has 0 amide bonds. The number of methoxy groups -OCH3 is 1. The maximum Gasteiger partial charge on any atom is 0.191 e. The monoisotopic (exact) mass is 359 g/mol. The molecule has 2 atom stereocenters. The second-order valence-electron chi connectivity index (χ2n) is 6.33. The van der Waals surface area contributed by atoms with Crippen LogP contribution in [0.15, 0.2) is 47.5 Å². The van der Waals surface area contributed by atoms with Crippen LogP contribution in [0.4, 0.5) is 8.78 Å². The number of hydrogen-bond donors (Lipinski definition) is 2. The lowest BCUT2D eigenvalue weighted by molar-refractivity contribution is 0.414. The first-order valence-electron chi connectivity index (χ1n) is 8.66. The Kier molecular flexibility index (Phi) is 5.71. The number of halogens is 2. The van der Waals surface area contributed by atoms with Crippen molar-refractivity contribution in [1.29, 1.82) is 0 Å². The fourth-order valence-electron chi connectivity index (χ4n) is 3.03. The summed E-state index contributed by atoms with van der Waals surface area (Å²) in [4.78, 5) is 4.19. The van der Waals surface area contributed by atoms with Gasteiger partial charge < -0.3 is 15.4 Å². The summed E-state index contributed by atoms with van der Waals surface area (Å²) < 4.78 is 32.9. The molecule has 2 N–H and O–H groups in total. The van der Waals surface area contributed by atoms with Crippen molar-refractivity contribution in [3.8, 4) is 5.75 Å². The molecule has 3 rings (SSSR count). The number of hydrogen-bond acceptors (Lipinski definition) is 2. The number of guanidine groups is 1. The van der Waals surface area contributed by atoms with E-state index in [0.717, 1.165) is 12.2 Å². The van der Waals surface area contributed by atoms with E-state index in [4.69, 9.17) is 4.74 Å². The zero-order valence-electron chi connectivity index (χ0n) is 14.9. The Balaban J connectivity index is 1.48. The number of nitrogens with zero attached hydrogens (tertiary/aromatic N) is 1. The zero-order chi connectivity index (χ0) is 18.5. The van der Waals surface area contributed by atoms with Crippen molar-refractivity contribution in [2.45, 2.75) is 24.8 Å². The standard InChI is InChI=1S/C20H23F2N3O/c1-23-20(24-11-10-13-6-8-14(26-2)9-7-13)25-18-12-15(18)19-16(21)4-3-5-17(19)22/h3-9,15,18H,10-12H2,1-2H3,(H2,23,24,25). The van der Waals surface area contributed by atoms with Gasteiger partial charge >= 0.3 is 0 Å². The number of rotatable bonds is 6. The normalized spacial score (nSPS) is 19.2. The van der Waals surface area contributed by atoms with Gasteiger partial charge in [-0.1, -0.05) is 18.2 Å². The topological polar surface area (TPSA) is 45.7 Å². The lowest BCUT2D eigenvalue weighted by Crippen LogP contribution is -2.40. The molecule has 6 heteroatoms. The van der Waals surface area contributed by atoms with Crippen LogP contribution in [0.1, 0.15) is 23.5 Å². The molecule has 0 aliphatic heterocycles. The molecule has 0 radical (unpaired) electrons. The van der Waals surface area contributed by atoms with Gasteiger partial charge in [0, 0.05) is 31.1 Å². The van der Waals surface area contributed by atoms with Crippen molar-refractivity contribution in [3.05, 3.63) is 65.2 Å². The van der Waals surface area contributed by atoms with E-state index in [0.29, 0.717) is 18.9 Å². The van der Waals surface area contributed by atoms with Gasteiger partial charge in [0.2, 0.25) is 0 Å². The van der Waals surface area contributed by atoms with E-state index >= 15 is 0 Å². The van der Waals surface area contributed by atoms with Crippen LogP contribution < -0.4 is 15.4 Å². The first kappa shape index (κ1) is 18.2. The molecule has 0 spiro atoms. The van der Waals surface area contributed by atoms with Crippen LogP contribution in [0.3, 0.4) is 0 Å². The Bertz CT molecular complexity index is 757. The number of benzene rings is 2. The minimum atomic E-state index is -0.484. The zero-order valence-corrected chi connectivity index (χ0v) is 14.9. The summed E-state index contributed by atoms with van der Waals surface area (Å²) >= 11 is 0. The third kappa shape index (κ3) is 4.31. The van der Waals surface area contributed by atoms with Crippen molar-refractivity contribution in [2.24, 2.45) is 4.99 Å². The highest BCUT2D eigenvalue weighted by Gasteiger charge is 2.42. The number of ether oxygens (including phenoxy) is 1. The molecular formula is C20H23F2N3O. The predicted molar refractivity (Wildman–Crippen MR) is 98.7 cm³/mol. The van der Waals surface area contributed by atoms with Gasteiger partial charge in [0.15, 0.2) is 5.96 Å². The van der Waals surface area contributed by atoms with Gasteiger partial charge in [-0.3, -0.25) is 4.99 Å². The van der Waals surface area contributed by atoms with Crippen molar-refractivity contribution in [2.75, 3.05) is 20.7 Å². The average Bonchev–Trinajstić information content (AvgIpc) is 3.40. The first-order chi connectivity index (χ1) is 12.6. The summed E-state index contributed by atoms with van der Waals surface area (Å²) in [5, 5.41) is 6.47. The highest BCUT2D eigenvalue weighted by molar-refractivity contribution is 5.80. The van der Waals surface area contributed by atoms with E-state index in [1.54, 1.807) is 14.2 Å². The maximum atomic E-state index is 13.9. The second-order valence-corrected chi connectivity index (χ2v) is 6.33. The molecule has 1 fully saturated rings. The summed E-state index contributed by atoms with van der Waals surface area (Å²) in [6.45, 7) is 0.706. The fourth-order valence-corrected chi connectivity index (χ4v) is 3.03. The van der Waals surface area contributed by atoms with E-state index in [1.807, 2.05) is 24.3 Å². The van der Waals surface area contributed by atoms with Crippen molar-refractivity contribution < 1.29 is 13.5 Å². The summed E-state index contributed by atoms with van der Waals surface area (Å²) in [5.41, 5.74) is 1.35. The predicted octanol–water partition coefficient (Wildman–Crippen LogP) is 3.24. The van der Waals surface area contributed by atoms with Gasteiger partial charge in [0.05, 0.1) is 7.11 Å². The lowest BCUT2D eigenvalue weighted by atomic mass is 10.1. The van der Waals surface area contributed by atoms with Gasteiger partial charge in [-0.15, -0.1) is 0 Å². The third-order valence-electron chi connectivity index (χ3n) is 4.57. The maximum absolute atomic E-state index is 13.9. The Labute approximate surface area is 152 Å². The molecule has 1 aliphatic carbocycles. The van der Waals surface area contributed by atoms with Crippen LogP contribution in [0.2, 0.25) is 0 Å². The SMILES string of the molecule is CN=C(NCCc1ccc(OC)cc1)NC1CC1c1c(F)cccc1F. The second kappa shape index (κ2) is 8.17. The van der Waals surface area contributed by atoms with E-state index in [-0.39, 0.29) is 17.5 Å². The molecule has 0 aromatic heterocycles. The summed E-state index contributed by atoms with van der Waals surface area (Å²) in [5.74, 6) is 0.349. The Morgan fingerprint density at radius 3 is 2.46 bits per heavy atom. The first-order valence-corrected chi connectivity index (χ1v) is 8.66. The third-order valence-corrected chi connectivity index (χ3v) is 4.57. The van der Waals surface area contributed by atoms with E-state index in [1.165, 1.54) is 23.8 Å². The van der Waals surface area contributed by atoms with Crippen LogP contribution in [-0.2, 0) is 6.42 Å². The summed E-state index contributed by atoms with van der Waals surface area (Å²) in [6, 6.07) is 11.9. The molecule has 1 aliphatic rings. The van der Waals surface area contributed by atoms with Gasteiger partial charge in [0.25, 0.3) is 0 Å². The Morgan fingerprint density at radius 1 is 1.15 bits per heavy atom. The van der Waals surface area contributed by atoms with Crippen LogP contribution in [0, 0.1) is 11.6 Å². The van der Waals surface area contributed by atoms with Gasteiger partial charge in [-0.25, -0.2) is 8.78 Å². The fraction of sp³-hybridized carbons (Fsp3) is 0.350. The molecule has 2 aromatic rings. The largest absolute Gasteiger partial charge is 0.497 e. The lowest BCUT2D eigenvalue weighted by Gasteiger charge is -2.12. The Hall–Kier alpha value is -2.63. The highest BCUT2D eigenvalue weighted by atomic mass is 19.1. The van der Waals surface area contributed by atoms with Crippen LogP contribution in [-0.4, -0.2) is 32.7 Å². The summed E-state index contributed by atoms with van der Waals surface area (Å²) in [6.07, 6.45) is 1.53. The molecule has 0 heterocycles.